The molecule has 0 fully saturated rings. The molecule has 8 heteroatoms. The van der Waals surface area contributed by atoms with Gasteiger partial charge in [-0.15, -0.1) is 0 Å². The Morgan fingerprint density at radius 3 is 2.76 bits per heavy atom. The normalized spacial score (nSPS) is 16.2. The van der Waals surface area contributed by atoms with Crippen molar-refractivity contribution in [1.82, 2.24) is 5.32 Å². The molecule has 0 spiro atoms. The largest absolute Gasteiger partial charge is 0.772 e. The van der Waals surface area contributed by atoms with Crippen molar-refractivity contribution in [1.29, 1.82) is 0 Å². The number of hydrogen-bond acceptors (Lipinski definition) is 6. The van der Waals surface area contributed by atoms with Crippen LogP contribution in [0.25, 0.3) is 0 Å². The fraction of sp³-hybridized carbons (Fsp3) is 0.692. The van der Waals surface area contributed by atoms with Gasteiger partial charge in [-0.25, -0.2) is 4.99 Å². The first-order chi connectivity index (χ1) is 10.0. The second-order valence-corrected chi connectivity index (χ2v) is 5.42. The molecule has 0 heterocycles. The fourth-order valence-corrected chi connectivity index (χ4v) is 2.00. The Balaban J connectivity index is 4.21. The van der Waals surface area contributed by atoms with Crippen LogP contribution in [0.3, 0.4) is 0 Å². The van der Waals surface area contributed by atoms with Crippen molar-refractivity contribution in [2.45, 2.75) is 46.1 Å². The molecule has 0 rings (SSSR count). The Labute approximate surface area is 129 Å². The Morgan fingerprint density at radius 1 is 1.52 bits per heavy atom. The van der Waals surface area contributed by atoms with Crippen molar-refractivity contribution in [3.63, 3.8) is 0 Å². The summed E-state index contributed by atoms with van der Waals surface area (Å²) in [5.74, 6) is 5.78. The highest BCUT2D eigenvalue weighted by Crippen LogP contribution is 1.98. The Kier molecular flexibility index (Phi) is 12.0. The molecular formula is C13H25N4O3S-. The molecule has 21 heavy (non-hydrogen) atoms. The molecule has 2 unspecified atom stereocenters. The van der Waals surface area contributed by atoms with Crippen molar-refractivity contribution < 1.29 is 13.6 Å². The molecule has 0 aromatic carbocycles. The monoisotopic (exact) mass is 317 g/mol. The van der Waals surface area contributed by atoms with Crippen LogP contribution in [0.2, 0.25) is 0 Å². The van der Waals surface area contributed by atoms with Crippen LogP contribution < -0.4 is 11.2 Å². The predicted octanol–water partition coefficient (Wildman–Crippen LogP) is 1.25. The molecule has 122 valence electrons. The Morgan fingerprint density at radius 2 is 2.24 bits per heavy atom. The van der Waals surface area contributed by atoms with E-state index in [-0.39, 0.29) is 11.8 Å². The molecule has 0 aromatic heterocycles. The lowest BCUT2D eigenvalue weighted by molar-refractivity contribution is 0.223. The maximum absolute atomic E-state index is 10.5. The first kappa shape index (κ1) is 19.9. The van der Waals surface area contributed by atoms with Gasteiger partial charge >= 0.3 is 0 Å². The van der Waals surface area contributed by atoms with Crippen molar-refractivity contribution in [3.8, 4) is 0 Å². The van der Waals surface area contributed by atoms with Crippen LogP contribution in [-0.2, 0) is 15.9 Å². The molecule has 0 aliphatic heterocycles. The molecular weight excluding hydrogens is 292 g/mol. The van der Waals surface area contributed by atoms with Gasteiger partial charge in [-0.3, -0.25) is 14.5 Å². The van der Waals surface area contributed by atoms with Crippen molar-refractivity contribution in [2.24, 2.45) is 15.9 Å². The van der Waals surface area contributed by atoms with Crippen LogP contribution in [0.4, 0.5) is 0 Å². The molecule has 3 N–H and O–H groups in total. The number of allylic oxidation sites excluding steroid dienone is 2. The molecule has 0 saturated carbocycles. The first-order valence-corrected chi connectivity index (χ1v) is 8.17. The summed E-state index contributed by atoms with van der Waals surface area (Å²) < 4.78 is 21.0. The zero-order valence-corrected chi connectivity index (χ0v) is 13.7. The Bertz CT molecular complexity index is 397. The van der Waals surface area contributed by atoms with E-state index in [1.54, 1.807) is 13.0 Å². The van der Waals surface area contributed by atoms with Crippen molar-refractivity contribution >= 4 is 23.1 Å². The third kappa shape index (κ3) is 11.3. The van der Waals surface area contributed by atoms with Crippen molar-refractivity contribution in [3.05, 3.63) is 11.8 Å². The molecule has 0 aliphatic rings. The van der Waals surface area contributed by atoms with E-state index in [0.717, 1.165) is 18.6 Å². The minimum Gasteiger partial charge on any atom is -0.772 e. The minimum atomic E-state index is -1.99. The van der Waals surface area contributed by atoms with Crippen LogP contribution in [0.5, 0.6) is 0 Å². The highest BCUT2D eigenvalue weighted by atomic mass is 32.2. The maximum atomic E-state index is 10.5. The molecule has 0 radical (unpaired) electrons. The molecule has 0 amide bonds. The number of nitrogens with one attached hydrogen (secondary N) is 1. The van der Waals surface area contributed by atoms with Crippen LogP contribution in [-0.4, -0.2) is 39.3 Å². The average molecular weight is 317 g/mol. The van der Waals surface area contributed by atoms with E-state index in [2.05, 4.69) is 20.1 Å². The van der Waals surface area contributed by atoms with E-state index in [1.807, 2.05) is 13.8 Å². The van der Waals surface area contributed by atoms with Gasteiger partial charge in [-0.1, -0.05) is 24.9 Å². The summed E-state index contributed by atoms with van der Waals surface area (Å²) >= 11 is -1.99. The van der Waals surface area contributed by atoms with Gasteiger partial charge in [0.25, 0.3) is 0 Å². The summed E-state index contributed by atoms with van der Waals surface area (Å²) in [5, 5.41) is 3.17. The number of nitrogens with two attached hydrogens (primary N) is 1. The summed E-state index contributed by atoms with van der Waals surface area (Å²) in [6.07, 6.45) is 5.41. The molecule has 0 saturated heterocycles. The first-order valence-electron chi connectivity index (χ1n) is 6.92. The molecule has 0 bridgehead atoms. The third-order valence-electron chi connectivity index (χ3n) is 2.82. The number of nitrogens with zero attached hydrogens (tertiary/aromatic N) is 2. The standard InChI is InChI=1S/C13H26N4O3S/c1-4-12(6-7-21(18)19)16-9-15-10-17-13(5-2)8-11(3)20-14/h8,10,12,16H,4-7,9,14H2,1-3H3,(H,18,19)/p-1/b11-8+,15-10?,17-13?. The lowest BCUT2D eigenvalue weighted by Gasteiger charge is -2.15. The lowest BCUT2D eigenvalue weighted by Crippen LogP contribution is -2.30. The maximum Gasteiger partial charge on any atom is 0.122 e. The van der Waals surface area contributed by atoms with Gasteiger partial charge in [-0.2, -0.15) is 5.90 Å². The summed E-state index contributed by atoms with van der Waals surface area (Å²) in [7, 11) is 0. The SMILES string of the molecule is CCC(/C=C(\C)ON)=NC=NCNC(CC)CCS(=O)[O-]. The van der Waals surface area contributed by atoms with Crippen molar-refractivity contribution in [2.75, 3.05) is 12.4 Å². The van der Waals surface area contributed by atoms with E-state index >= 15 is 0 Å². The van der Waals surface area contributed by atoms with E-state index in [1.165, 1.54) is 6.34 Å². The lowest BCUT2D eigenvalue weighted by atomic mass is 10.2. The molecule has 0 aliphatic carbocycles. The second-order valence-electron chi connectivity index (χ2n) is 4.41. The molecule has 2 atom stereocenters. The average Bonchev–Trinajstić information content (AvgIpc) is 2.48. The summed E-state index contributed by atoms with van der Waals surface area (Å²) in [6, 6.07) is 0.141. The summed E-state index contributed by atoms with van der Waals surface area (Å²) in [4.78, 5) is 12.9. The number of aliphatic imine (C=N–C) groups is 2. The van der Waals surface area contributed by atoms with E-state index in [0.29, 0.717) is 18.8 Å². The van der Waals surface area contributed by atoms with Crippen LogP contribution in [0.15, 0.2) is 21.8 Å². The molecule has 7 nitrogen and oxygen atoms in total. The zero-order valence-electron chi connectivity index (χ0n) is 12.9. The highest BCUT2D eigenvalue weighted by Gasteiger charge is 2.03. The van der Waals surface area contributed by atoms with Gasteiger partial charge in [-0.05, 0) is 32.3 Å². The van der Waals surface area contributed by atoms with Gasteiger partial charge in [0.1, 0.15) is 12.1 Å². The van der Waals surface area contributed by atoms with Crippen LogP contribution in [0.1, 0.15) is 40.0 Å². The second kappa shape index (κ2) is 12.6. The van der Waals surface area contributed by atoms with E-state index < -0.39 is 11.1 Å². The predicted molar refractivity (Wildman–Crippen MR) is 85.7 cm³/mol. The van der Waals surface area contributed by atoms with Gasteiger partial charge in [0, 0.05) is 17.5 Å². The van der Waals surface area contributed by atoms with Gasteiger partial charge in [0.2, 0.25) is 0 Å². The smallest absolute Gasteiger partial charge is 0.122 e. The quantitative estimate of drug-likeness (QED) is 0.196. The van der Waals surface area contributed by atoms with Gasteiger partial charge < -0.3 is 9.39 Å². The topological polar surface area (TPSA) is 112 Å². The van der Waals surface area contributed by atoms with Gasteiger partial charge in [0.15, 0.2) is 0 Å². The number of rotatable bonds is 11. The zero-order chi connectivity index (χ0) is 16.1. The van der Waals surface area contributed by atoms with E-state index in [4.69, 9.17) is 5.90 Å². The van der Waals surface area contributed by atoms with E-state index in [9.17, 15) is 8.76 Å². The minimum absolute atomic E-state index is 0.141. The fourth-order valence-electron chi connectivity index (χ4n) is 1.53. The molecule has 0 aromatic rings. The van der Waals surface area contributed by atoms with Crippen LogP contribution >= 0.6 is 0 Å². The van der Waals surface area contributed by atoms with Gasteiger partial charge in [0.05, 0.1) is 6.67 Å². The number of hydrogen-bond donors (Lipinski definition) is 2. The highest BCUT2D eigenvalue weighted by molar-refractivity contribution is 7.79. The summed E-state index contributed by atoms with van der Waals surface area (Å²) in [6.45, 7) is 6.13. The third-order valence-corrected chi connectivity index (χ3v) is 3.39. The Hall–Kier alpha value is -1.09. The van der Waals surface area contributed by atoms with Crippen LogP contribution in [0, 0.1) is 0 Å². The summed E-state index contributed by atoms with van der Waals surface area (Å²) in [5.41, 5.74) is 0.815.